The lowest BCUT2D eigenvalue weighted by atomic mass is 10.2. The van der Waals surface area contributed by atoms with Crippen molar-refractivity contribution in [3.05, 3.63) is 35.9 Å². The van der Waals surface area contributed by atoms with Gasteiger partial charge in [0.05, 0.1) is 0 Å². The SMILES string of the molecule is O/N=C(\F)Cc1ccccc1. The van der Waals surface area contributed by atoms with Gasteiger partial charge in [-0.15, -0.1) is 0 Å². The van der Waals surface area contributed by atoms with Crippen LogP contribution in [0.3, 0.4) is 0 Å². The molecule has 1 rings (SSSR count). The molecule has 1 aromatic rings. The average molecular weight is 153 g/mol. The second-order valence-electron chi connectivity index (χ2n) is 2.14. The van der Waals surface area contributed by atoms with Gasteiger partial charge >= 0.3 is 0 Å². The van der Waals surface area contributed by atoms with E-state index in [2.05, 4.69) is 5.16 Å². The second-order valence-corrected chi connectivity index (χ2v) is 2.14. The van der Waals surface area contributed by atoms with Crippen molar-refractivity contribution in [2.45, 2.75) is 6.42 Å². The minimum Gasteiger partial charge on any atom is -0.409 e. The molecule has 0 aliphatic carbocycles. The van der Waals surface area contributed by atoms with Crippen molar-refractivity contribution in [1.82, 2.24) is 0 Å². The van der Waals surface area contributed by atoms with Crippen molar-refractivity contribution < 1.29 is 9.60 Å². The summed E-state index contributed by atoms with van der Waals surface area (Å²) in [6.07, 6.45) is 0.0529. The number of hydrogen-bond acceptors (Lipinski definition) is 2. The zero-order valence-corrected chi connectivity index (χ0v) is 5.87. The Balaban J connectivity index is 2.65. The van der Waals surface area contributed by atoms with Crippen LogP contribution in [0.4, 0.5) is 4.39 Å². The summed E-state index contributed by atoms with van der Waals surface area (Å²) in [5, 5.41) is 10.4. The highest BCUT2D eigenvalue weighted by Crippen LogP contribution is 2.00. The Bertz CT molecular complexity index is 246. The molecule has 0 unspecified atom stereocenters. The molecule has 0 fully saturated rings. The summed E-state index contributed by atoms with van der Waals surface area (Å²) in [5.41, 5.74) is 0.794. The Hall–Kier alpha value is -1.38. The van der Waals surface area contributed by atoms with Crippen LogP contribution in [0.2, 0.25) is 0 Å². The molecule has 0 saturated heterocycles. The first-order valence-electron chi connectivity index (χ1n) is 3.23. The van der Waals surface area contributed by atoms with Gasteiger partial charge in [0.2, 0.25) is 5.97 Å². The quantitative estimate of drug-likeness (QED) is 0.393. The molecule has 0 bridgehead atoms. The van der Waals surface area contributed by atoms with Gasteiger partial charge in [-0.3, -0.25) is 0 Å². The van der Waals surface area contributed by atoms with Gasteiger partial charge in [-0.25, -0.2) is 0 Å². The van der Waals surface area contributed by atoms with Crippen LogP contribution in [0.1, 0.15) is 5.56 Å². The van der Waals surface area contributed by atoms with Crippen molar-refractivity contribution in [2.75, 3.05) is 0 Å². The molecule has 3 heteroatoms. The van der Waals surface area contributed by atoms with E-state index in [1.165, 1.54) is 0 Å². The van der Waals surface area contributed by atoms with Crippen molar-refractivity contribution in [3.63, 3.8) is 0 Å². The van der Waals surface area contributed by atoms with Gasteiger partial charge in [0, 0.05) is 6.42 Å². The van der Waals surface area contributed by atoms with E-state index in [9.17, 15) is 4.39 Å². The fourth-order valence-electron chi connectivity index (χ4n) is 0.800. The molecule has 58 valence electrons. The maximum absolute atomic E-state index is 12.3. The standard InChI is InChI=1S/C8H8FNO/c9-8(10-11)6-7-4-2-1-3-5-7/h1-5,11H,6H2/b10-8-. The predicted molar refractivity (Wildman–Crippen MR) is 40.5 cm³/mol. The third-order valence-electron chi connectivity index (χ3n) is 1.30. The maximum Gasteiger partial charge on any atom is 0.230 e. The van der Waals surface area contributed by atoms with E-state index in [-0.39, 0.29) is 6.42 Å². The van der Waals surface area contributed by atoms with E-state index in [1.54, 1.807) is 24.3 Å². The summed E-state index contributed by atoms with van der Waals surface area (Å²) < 4.78 is 12.3. The largest absolute Gasteiger partial charge is 0.409 e. The third-order valence-corrected chi connectivity index (χ3v) is 1.30. The second kappa shape index (κ2) is 3.71. The Labute approximate surface area is 64.0 Å². The van der Waals surface area contributed by atoms with Crippen LogP contribution in [0.15, 0.2) is 35.5 Å². The van der Waals surface area contributed by atoms with Crippen LogP contribution in [0, 0.1) is 0 Å². The van der Waals surface area contributed by atoms with Gasteiger partial charge in [0.15, 0.2) is 0 Å². The van der Waals surface area contributed by atoms with Gasteiger partial charge < -0.3 is 5.21 Å². The van der Waals surface area contributed by atoms with Crippen molar-refractivity contribution >= 4 is 5.97 Å². The molecule has 1 N–H and O–H groups in total. The van der Waals surface area contributed by atoms with Crippen molar-refractivity contribution in [1.29, 1.82) is 0 Å². The predicted octanol–water partition coefficient (Wildman–Crippen LogP) is 1.99. The van der Waals surface area contributed by atoms with E-state index >= 15 is 0 Å². The summed E-state index contributed by atoms with van der Waals surface area (Å²) in [4.78, 5) is 0. The van der Waals surface area contributed by atoms with Crippen LogP contribution in [-0.4, -0.2) is 11.2 Å². The minimum absolute atomic E-state index is 0.0529. The van der Waals surface area contributed by atoms with E-state index in [0.29, 0.717) is 0 Å². The van der Waals surface area contributed by atoms with Crippen molar-refractivity contribution in [2.24, 2.45) is 5.16 Å². The fourth-order valence-corrected chi connectivity index (χ4v) is 0.800. The molecule has 1 aromatic carbocycles. The lowest BCUT2D eigenvalue weighted by molar-refractivity contribution is 0.310. The number of oxime groups is 1. The molecule has 0 aliphatic heterocycles. The maximum atomic E-state index is 12.3. The highest BCUT2D eigenvalue weighted by atomic mass is 19.1. The normalized spacial score (nSPS) is 11.5. The summed E-state index contributed by atoms with van der Waals surface area (Å²) >= 11 is 0. The highest BCUT2D eigenvalue weighted by molar-refractivity contribution is 5.76. The van der Waals surface area contributed by atoms with E-state index in [1.807, 2.05) is 6.07 Å². The first-order chi connectivity index (χ1) is 5.33. The van der Waals surface area contributed by atoms with Crippen LogP contribution in [-0.2, 0) is 6.42 Å². The van der Waals surface area contributed by atoms with E-state index < -0.39 is 5.97 Å². The molecule has 0 atom stereocenters. The summed E-state index contributed by atoms with van der Waals surface area (Å²) in [6.45, 7) is 0. The zero-order chi connectivity index (χ0) is 8.10. The molecule has 0 saturated carbocycles. The summed E-state index contributed by atoms with van der Waals surface area (Å²) in [7, 11) is 0. The van der Waals surface area contributed by atoms with Crippen LogP contribution >= 0.6 is 0 Å². The number of hydrogen-bond donors (Lipinski definition) is 1. The molecule has 0 spiro atoms. The molecule has 0 amide bonds. The Morgan fingerprint density at radius 1 is 1.36 bits per heavy atom. The Morgan fingerprint density at radius 3 is 2.55 bits per heavy atom. The molecule has 0 radical (unpaired) electrons. The molecular formula is C8H8FNO. The van der Waals surface area contributed by atoms with Crippen molar-refractivity contribution in [3.8, 4) is 0 Å². The molecular weight excluding hydrogens is 145 g/mol. The number of halogens is 1. The van der Waals surface area contributed by atoms with Crippen LogP contribution in [0.25, 0.3) is 0 Å². The van der Waals surface area contributed by atoms with E-state index in [4.69, 9.17) is 5.21 Å². The monoisotopic (exact) mass is 153 g/mol. The van der Waals surface area contributed by atoms with Gasteiger partial charge in [0.25, 0.3) is 0 Å². The molecule has 0 aromatic heterocycles. The molecule has 0 aliphatic rings. The highest BCUT2D eigenvalue weighted by Gasteiger charge is 1.97. The third kappa shape index (κ3) is 2.37. The topological polar surface area (TPSA) is 32.6 Å². The number of benzene rings is 1. The fraction of sp³-hybridized carbons (Fsp3) is 0.125. The van der Waals surface area contributed by atoms with Crippen LogP contribution < -0.4 is 0 Å². The molecule has 0 heterocycles. The van der Waals surface area contributed by atoms with Gasteiger partial charge in [0.1, 0.15) is 0 Å². The summed E-state index contributed by atoms with van der Waals surface area (Å²) in [6, 6.07) is 8.99. The molecule has 2 nitrogen and oxygen atoms in total. The zero-order valence-electron chi connectivity index (χ0n) is 5.87. The number of nitrogens with zero attached hydrogens (tertiary/aromatic N) is 1. The average Bonchev–Trinajstić information content (AvgIpc) is 2.06. The smallest absolute Gasteiger partial charge is 0.230 e. The lowest BCUT2D eigenvalue weighted by Crippen LogP contribution is -1.94. The lowest BCUT2D eigenvalue weighted by Gasteiger charge is -1.94. The Kier molecular flexibility index (Phi) is 2.60. The summed E-state index contributed by atoms with van der Waals surface area (Å²) in [5.74, 6) is -0.767. The number of rotatable bonds is 2. The first-order valence-corrected chi connectivity index (χ1v) is 3.23. The van der Waals surface area contributed by atoms with Gasteiger partial charge in [-0.05, 0) is 5.56 Å². The van der Waals surface area contributed by atoms with Gasteiger partial charge in [-0.1, -0.05) is 35.5 Å². The first kappa shape index (κ1) is 7.72. The molecule has 11 heavy (non-hydrogen) atoms. The minimum atomic E-state index is -0.767. The Morgan fingerprint density at radius 2 is 2.00 bits per heavy atom. The van der Waals surface area contributed by atoms with Crippen LogP contribution in [0.5, 0.6) is 0 Å². The van der Waals surface area contributed by atoms with E-state index in [0.717, 1.165) is 5.56 Å². The van der Waals surface area contributed by atoms with Gasteiger partial charge in [-0.2, -0.15) is 4.39 Å².